The van der Waals surface area contributed by atoms with Crippen molar-refractivity contribution in [3.63, 3.8) is 0 Å². The molecule has 0 saturated carbocycles. The summed E-state index contributed by atoms with van der Waals surface area (Å²) in [6.45, 7) is 3.57. The van der Waals surface area contributed by atoms with Crippen LogP contribution in [0, 0.1) is 6.92 Å². The molecule has 1 aromatic carbocycles. The van der Waals surface area contributed by atoms with Crippen LogP contribution in [0.15, 0.2) is 42.7 Å². The van der Waals surface area contributed by atoms with Crippen LogP contribution in [0.1, 0.15) is 34.3 Å². The van der Waals surface area contributed by atoms with Crippen molar-refractivity contribution in [2.24, 2.45) is 0 Å². The highest BCUT2D eigenvalue weighted by atomic mass is 16.2. The molecule has 1 fully saturated rings. The van der Waals surface area contributed by atoms with Gasteiger partial charge in [0.15, 0.2) is 0 Å². The molecule has 1 N–H and O–H groups in total. The molecule has 0 bridgehead atoms. The van der Waals surface area contributed by atoms with E-state index in [1.54, 1.807) is 24.5 Å². The first-order chi connectivity index (χ1) is 11.6. The van der Waals surface area contributed by atoms with E-state index in [-0.39, 0.29) is 18.2 Å². The van der Waals surface area contributed by atoms with Gasteiger partial charge >= 0.3 is 0 Å². The summed E-state index contributed by atoms with van der Waals surface area (Å²) in [6, 6.07) is 9.12. The summed E-state index contributed by atoms with van der Waals surface area (Å²) in [6.07, 6.45) is 5.80. The number of aromatic nitrogens is 1. The lowest BCUT2D eigenvalue weighted by molar-refractivity contribution is -0.115. The molecular weight excluding hydrogens is 302 g/mol. The van der Waals surface area contributed by atoms with Crippen LogP contribution in [0.4, 0.5) is 5.69 Å². The van der Waals surface area contributed by atoms with Crippen LogP contribution >= 0.6 is 0 Å². The number of nitrogens with zero attached hydrogens (tertiary/aromatic N) is 2. The summed E-state index contributed by atoms with van der Waals surface area (Å²) in [5.74, 6) is -0.0199. The van der Waals surface area contributed by atoms with Crippen LogP contribution in [0.5, 0.6) is 0 Å². The molecular formula is C19H21N3O2. The highest BCUT2D eigenvalue weighted by molar-refractivity contribution is 5.97. The van der Waals surface area contributed by atoms with E-state index >= 15 is 0 Å². The van der Waals surface area contributed by atoms with Crippen molar-refractivity contribution >= 4 is 17.5 Å². The first-order valence-electron chi connectivity index (χ1n) is 8.22. The maximum atomic E-state index is 12.4. The minimum absolute atomic E-state index is 0.0730. The van der Waals surface area contributed by atoms with E-state index in [9.17, 15) is 9.59 Å². The molecule has 1 saturated heterocycles. The molecule has 0 radical (unpaired) electrons. The van der Waals surface area contributed by atoms with Crippen LogP contribution in [-0.2, 0) is 11.2 Å². The predicted molar refractivity (Wildman–Crippen MR) is 92.9 cm³/mol. The van der Waals surface area contributed by atoms with Crippen LogP contribution in [0.3, 0.4) is 0 Å². The first kappa shape index (κ1) is 16.2. The van der Waals surface area contributed by atoms with Crippen LogP contribution < -0.4 is 5.32 Å². The lowest BCUT2D eigenvalue weighted by atomic mass is 10.1. The zero-order valence-corrected chi connectivity index (χ0v) is 13.8. The van der Waals surface area contributed by atoms with Gasteiger partial charge in [0.25, 0.3) is 5.91 Å². The van der Waals surface area contributed by atoms with E-state index in [4.69, 9.17) is 0 Å². The van der Waals surface area contributed by atoms with E-state index in [1.807, 2.05) is 30.0 Å². The smallest absolute Gasteiger partial charge is 0.253 e. The number of carbonyl (C=O) groups is 2. The number of nitrogens with one attached hydrogen (secondary N) is 1. The molecule has 1 aliphatic rings. The second-order valence-electron chi connectivity index (χ2n) is 6.12. The molecule has 24 heavy (non-hydrogen) atoms. The minimum atomic E-state index is -0.0929. The van der Waals surface area contributed by atoms with Crippen molar-refractivity contribution in [2.75, 3.05) is 18.4 Å². The van der Waals surface area contributed by atoms with Crippen LogP contribution in [-0.4, -0.2) is 34.8 Å². The fraction of sp³-hybridized carbons (Fsp3) is 0.316. The van der Waals surface area contributed by atoms with Crippen molar-refractivity contribution < 1.29 is 9.59 Å². The quantitative estimate of drug-likeness (QED) is 0.941. The summed E-state index contributed by atoms with van der Waals surface area (Å²) in [5.41, 5.74) is 3.18. The minimum Gasteiger partial charge on any atom is -0.339 e. The van der Waals surface area contributed by atoms with E-state index in [1.165, 1.54) is 0 Å². The summed E-state index contributed by atoms with van der Waals surface area (Å²) >= 11 is 0. The molecule has 1 aliphatic heterocycles. The fourth-order valence-electron chi connectivity index (χ4n) is 2.92. The molecule has 0 spiro atoms. The molecule has 5 heteroatoms. The molecule has 5 nitrogen and oxygen atoms in total. The van der Waals surface area contributed by atoms with Crippen molar-refractivity contribution in [3.05, 3.63) is 59.4 Å². The zero-order chi connectivity index (χ0) is 16.9. The maximum Gasteiger partial charge on any atom is 0.253 e. The predicted octanol–water partition coefficient (Wildman–Crippen LogP) is 2.81. The average Bonchev–Trinajstić information content (AvgIpc) is 3.11. The molecule has 2 aromatic rings. The number of anilines is 1. The lowest BCUT2D eigenvalue weighted by Gasteiger charge is -2.16. The number of benzene rings is 1. The number of hydrogen-bond acceptors (Lipinski definition) is 3. The van der Waals surface area contributed by atoms with Gasteiger partial charge in [0, 0.05) is 36.7 Å². The Morgan fingerprint density at radius 3 is 2.67 bits per heavy atom. The highest BCUT2D eigenvalue weighted by Gasteiger charge is 2.20. The van der Waals surface area contributed by atoms with Gasteiger partial charge in [-0.2, -0.15) is 0 Å². The molecule has 0 unspecified atom stereocenters. The Morgan fingerprint density at radius 2 is 2.00 bits per heavy atom. The number of hydrogen-bond donors (Lipinski definition) is 1. The summed E-state index contributed by atoms with van der Waals surface area (Å²) in [7, 11) is 0. The fourth-order valence-corrected chi connectivity index (χ4v) is 2.92. The summed E-state index contributed by atoms with van der Waals surface area (Å²) in [5, 5.41) is 2.90. The van der Waals surface area contributed by atoms with Gasteiger partial charge in [0.1, 0.15) is 0 Å². The molecule has 2 amide bonds. The van der Waals surface area contributed by atoms with Gasteiger partial charge in [0.05, 0.1) is 6.42 Å². The van der Waals surface area contributed by atoms with Gasteiger partial charge in [0.2, 0.25) is 5.91 Å². The SMILES string of the molecule is Cc1cc(C(=O)N2CCCC2)ccc1NC(=O)Cc1cccnc1. The van der Waals surface area contributed by atoms with Crippen molar-refractivity contribution in [3.8, 4) is 0 Å². The van der Waals surface area contributed by atoms with Crippen LogP contribution in [0.2, 0.25) is 0 Å². The third kappa shape index (κ3) is 3.79. The Bertz CT molecular complexity index is 738. The Hall–Kier alpha value is -2.69. The number of amides is 2. The molecule has 124 valence electrons. The number of pyridine rings is 1. The molecule has 0 atom stereocenters. The lowest BCUT2D eigenvalue weighted by Crippen LogP contribution is -2.27. The first-order valence-corrected chi connectivity index (χ1v) is 8.22. The van der Waals surface area contributed by atoms with E-state index in [0.717, 1.165) is 42.7 Å². The molecule has 1 aromatic heterocycles. The normalized spacial score (nSPS) is 13.8. The summed E-state index contributed by atoms with van der Waals surface area (Å²) < 4.78 is 0. The van der Waals surface area contributed by atoms with Gasteiger partial charge in [-0.25, -0.2) is 0 Å². The standard InChI is InChI=1S/C19H21N3O2/c1-14-11-16(19(24)22-9-2-3-10-22)6-7-17(14)21-18(23)12-15-5-4-8-20-13-15/h4-8,11,13H,2-3,9-10,12H2,1H3,(H,21,23). The van der Waals surface area contributed by atoms with E-state index in [2.05, 4.69) is 10.3 Å². The Labute approximate surface area is 141 Å². The topological polar surface area (TPSA) is 62.3 Å². The zero-order valence-electron chi connectivity index (χ0n) is 13.8. The number of carbonyl (C=O) groups excluding carboxylic acids is 2. The highest BCUT2D eigenvalue weighted by Crippen LogP contribution is 2.20. The van der Waals surface area contributed by atoms with E-state index < -0.39 is 0 Å². The number of rotatable bonds is 4. The second-order valence-corrected chi connectivity index (χ2v) is 6.12. The van der Waals surface area contributed by atoms with Gasteiger partial charge in [-0.15, -0.1) is 0 Å². The number of likely N-dealkylation sites (tertiary alicyclic amines) is 1. The average molecular weight is 323 g/mol. The summed E-state index contributed by atoms with van der Waals surface area (Å²) in [4.78, 5) is 30.4. The van der Waals surface area contributed by atoms with Gasteiger partial charge in [-0.1, -0.05) is 6.07 Å². The molecule has 3 rings (SSSR count). The molecule has 0 aliphatic carbocycles. The second kappa shape index (κ2) is 7.25. The van der Waals surface area contributed by atoms with Crippen molar-refractivity contribution in [1.29, 1.82) is 0 Å². The maximum absolute atomic E-state index is 12.4. The Balaban J connectivity index is 1.66. The largest absolute Gasteiger partial charge is 0.339 e. The van der Waals surface area contributed by atoms with Gasteiger partial charge in [-0.3, -0.25) is 14.6 Å². The van der Waals surface area contributed by atoms with Crippen molar-refractivity contribution in [1.82, 2.24) is 9.88 Å². The Morgan fingerprint density at radius 1 is 1.21 bits per heavy atom. The third-order valence-corrected chi connectivity index (χ3v) is 4.23. The van der Waals surface area contributed by atoms with Gasteiger partial charge < -0.3 is 10.2 Å². The van der Waals surface area contributed by atoms with Gasteiger partial charge in [-0.05, 0) is 55.2 Å². The number of aryl methyl sites for hydroxylation is 1. The third-order valence-electron chi connectivity index (χ3n) is 4.23. The Kier molecular flexibility index (Phi) is 4.89. The van der Waals surface area contributed by atoms with Crippen molar-refractivity contribution in [2.45, 2.75) is 26.2 Å². The van der Waals surface area contributed by atoms with Crippen LogP contribution in [0.25, 0.3) is 0 Å². The van der Waals surface area contributed by atoms with E-state index in [0.29, 0.717) is 5.56 Å². The molecule has 2 heterocycles. The monoisotopic (exact) mass is 323 g/mol.